The number of rotatable bonds is 11. The fraction of sp³-hybridized carbons (Fsp3) is 0.524. The molecule has 0 bridgehead atoms. The van der Waals surface area contributed by atoms with Gasteiger partial charge in [-0.25, -0.2) is 28.9 Å². The molecule has 0 aromatic carbocycles. The van der Waals surface area contributed by atoms with E-state index >= 15 is 4.39 Å². The maximum Gasteiger partial charge on any atom is 0.472 e. The number of fused-ring (bicyclic) bond motifs is 2. The Balaban J connectivity index is 1.18. The molecule has 0 saturated carbocycles. The van der Waals surface area contributed by atoms with Crippen LogP contribution in [-0.4, -0.2) is 115 Å². The van der Waals surface area contributed by atoms with Crippen LogP contribution in [0.4, 0.5) is 16.2 Å². The number of nitrogens with one attached hydrogen (secondary N) is 1. The van der Waals surface area contributed by atoms with Crippen LogP contribution in [0.25, 0.3) is 22.3 Å². The lowest BCUT2D eigenvalue weighted by Crippen LogP contribution is -2.37. The summed E-state index contributed by atoms with van der Waals surface area (Å²) < 4.78 is 69.3. The molecule has 4 aromatic rings. The van der Waals surface area contributed by atoms with Crippen molar-refractivity contribution >= 4 is 49.9 Å². The summed E-state index contributed by atoms with van der Waals surface area (Å²) in [5.74, 6) is -0.247. The van der Waals surface area contributed by atoms with Crippen LogP contribution in [0, 0.1) is 0 Å². The number of aromatic nitrogens is 8. The second kappa shape index (κ2) is 12.6. The van der Waals surface area contributed by atoms with E-state index in [0.29, 0.717) is 0 Å². The van der Waals surface area contributed by atoms with Crippen molar-refractivity contribution in [2.45, 2.75) is 49.1 Å². The quantitative estimate of drug-likeness (QED) is 0.0829. The zero-order valence-electron chi connectivity index (χ0n) is 23.1. The molecule has 25 heteroatoms. The van der Waals surface area contributed by atoms with Gasteiger partial charge in [-0.05, 0) is 0 Å². The van der Waals surface area contributed by atoms with Gasteiger partial charge in [-0.2, -0.15) is 4.98 Å². The van der Waals surface area contributed by atoms with Crippen molar-refractivity contribution in [2.75, 3.05) is 31.0 Å². The third-order valence-electron chi connectivity index (χ3n) is 7.20. The highest BCUT2D eigenvalue weighted by Crippen LogP contribution is 2.50. The fourth-order valence-electron chi connectivity index (χ4n) is 5.19. The minimum absolute atomic E-state index is 0.0434. The van der Waals surface area contributed by atoms with Crippen molar-refractivity contribution in [3.63, 3.8) is 0 Å². The number of phosphoric acid groups is 1. The molecule has 250 valence electrons. The van der Waals surface area contributed by atoms with Crippen molar-refractivity contribution in [2.24, 2.45) is 0 Å². The van der Waals surface area contributed by atoms with Crippen molar-refractivity contribution in [3.05, 3.63) is 29.3 Å². The van der Waals surface area contributed by atoms with Gasteiger partial charge in [-0.1, -0.05) is 0 Å². The predicted octanol–water partition coefficient (Wildman–Crippen LogP) is -2.08. The number of aliphatic hydroxyl groups is 2. The number of hydrogen-bond donors (Lipinski definition) is 7. The Morgan fingerprint density at radius 3 is 2.48 bits per heavy atom. The summed E-state index contributed by atoms with van der Waals surface area (Å²) in [4.78, 5) is 54.0. The van der Waals surface area contributed by atoms with Crippen LogP contribution in [-0.2, 0) is 32.4 Å². The summed E-state index contributed by atoms with van der Waals surface area (Å²) in [5.41, 5.74) is 10.7. The highest BCUT2D eigenvalue weighted by molar-refractivity contribution is 7.47. The van der Waals surface area contributed by atoms with Crippen molar-refractivity contribution in [3.8, 4) is 0 Å². The second-order valence-corrected chi connectivity index (χ2v) is 12.6. The summed E-state index contributed by atoms with van der Waals surface area (Å²) in [5, 5.41) is 20.8. The topological polar surface area (TPSA) is 320 Å². The molecule has 46 heavy (non-hydrogen) atoms. The van der Waals surface area contributed by atoms with E-state index in [0.717, 1.165) is 17.2 Å². The van der Waals surface area contributed by atoms with Crippen LogP contribution < -0.4 is 17.0 Å². The summed E-state index contributed by atoms with van der Waals surface area (Å²) in [6.45, 7) is -1.66. The molecule has 2 fully saturated rings. The van der Waals surface area contributed by atoms with Gasteiger partial charge in [0.05, 0.1) is 25.9 Å². The van der Waals surface area contributed by atoms with Crippen molar-refractivity contribution < 1.29 is 56.8 Å². The maximum atomic E-state index is 15.7. The summed E-state index contributed by atoms with van der Waals surface area (Å²) >= 11 is 0. The number of aliphatic hydroxyl groups excluding tert-OH is 2. The van der Waals surface area contributed by atoms with E-state index in [4.69, 9.17) is 34.7 Å². The number of alkyl halides is 1. The average Bonchev–Trinajstić information content (AvgIpc) is 3.76. The van der Waals surface area contributed by atoms with Gasteiger partial charge in [0.15, 0.2) is 41.3 Å². The number of nitrogens with two attached hydrogens (primary N) is 2. The number of halogens is 1. The van der Waals surface area contributed by atoms with Gasteiger partial charge in [0.25, 0.3) is 5.56 Å². The van der Waals surface area contributed by atoms with Crippen LogP contribution in [0.3, 0.4) is 0 Å². The Hall–Kier alpha value is -3.47. The number of imidazole rings is 2. The first-order valence-corrected chi connectivity index (χ1v) is 16.3. The zero-order chi connectivity index (χ0) is 32.9. The lowest BCUT2D eigenvalue weighted by molar-refractivity contribution is -0.0621. The number of nitrogen functional groups attached to an aromatic ring is 2. The average molecular weight is 692 g/mol. The number of anilines is 2. The Labute approximate surface area is 255 Å². The smallest absolute Gasteiger partial charge is 0.394 e. The maximum absolute atomic E-state index is 15.7. The first-order chi connectivity index (χ1) is 21.9. The molecule has 0 spiro atoms. The van der Waals surface area contributed by atoms with Gasteiger partial charge in [0.2, 0.25) is 14.0 Å². The zero-order valence-corrected chi connectivity index (χ0v) is 25.0. The Morgan fingerprint density at radius 2 is 1.76 bits per heavy atom. The van der Waals surface area contributed by atoms with Gasteiger partial charge in [0, 0.05) is 0 Å². The minimum atomic E-state index is -5.18. The number of hydrogen-bond acceptors (Lipinski definition) is 17. The Kier molecular flexibility index (Phi) is 8.91. The third kappa shape index (κ3) is 6.02. The second-order valence-electron chi connectivity index (χ2n) is 10.1. The molecule has 4 aromatic heterocycles. The fourth-order valence-corrected chi connectivity index (χ4v) is 6.48. The molecule has 2 aliphatic heterocycles. The largest absolute Gasteiger partial charge is 0.472 e. The normalized spacial score (nSPS) is 30.3. The van der Waals surface area contributed by atoms with Gasteiger partial charge in [-0.3, -0.25) is 32.5 Å². The van der Waals surface area contributed by atoms with Crippen molar-refractivity contribution in [1.82, 2.24) is 39.0 Å². The van der Waals surface area contributed by atoms with Gasteiger partial charge < -0.3 is 45.7 Å². The third-order valence-corrected chi connectivity index (χ3v) is 8.60. The molecule has 5 unspecified atom stereocenters. The van der Waals surface area contributed by atoms with Gasteiger partial charge >= 0.3 is 7.82 Å². The molecule has 22 nitrogen and oxygen atoms in total. The number of nitrogens with zero attached hydrogens (tertiary/aromatic N) is 7. The van der Waals surface area contributed by atoms with E-state index in [2.05, 4.69) is 29.9 Å². The lowest BCUT2D eigenvalue weighted by Gasteiger charge is -2.24. The van der Waals surface area contributed by atoms with Crippen LogP contribution in [0.2, 0.25) is 0 Å². The molecule has 0 aliphatic carbocycles. The number of phosphoric ester groups is 1. The minimum Gasteiger partial charge on any atom is -0.394 e. The van der Waals surface area contributed by atoms with Crippen molar-refractivity contribution in [1.29, 1.82) is 0 Å². The van der Waals surface area contributed by atoms with E-state index in [1.165, 1.54) is 10.9 Å². The SMILES string of the molecule is Nc1nc2c(ncn2[C@@H]2O[C@H](CO)[C@H](OP(=O)(O)OC[C@H]3O[C@@H](n4cnc5c(N)ncnc54)C(O)C3OC[PH](=O)O)C2F)c(=O)[nH]1. The Bertz CT molecular complexity index is 1880. The van der Waals surface area contributed by atoms with Crippen LogP contribution in [0.1, 0.15) is 12.5 Å². The van der Waals surface area contributed by atoms with Crippen LogP contribution >= 0.6 is 15.9 Å². The van der Waals surface area contributed by atoms with E-state index in [1.54, 1.807) is 0 Å². The molecule has 2 aliphatic rings. The highest BCUT2D eigenvalue weighted by atomic mass is 31.2. The predicted molar refractivity (Wildman–Crippen MR) is 150 cm³/mol. The molecular formula is C21H27FN10O12P2. The number of H-pyrrole nitrogens is 1. The number of aromatic amines is 1. The highest BCUT2D eigenvalue weighted by Gasteiger charge is 2.52. The molecule has 6 heterocycles. The van der Waals surface area contributed by atoms with E-state index < -0.39 is 90.1 Å². The molecule has 2 saturated heterocycles. The molecule has 6 rings (SSSR count). The van der Waals surface area contributed by atoms with Gasteiger partial charge in [-0.15, -0.1) is 0 Å². The molecule has 0 amide bonds. The van der Waals surface area contributed by atoms with E-state index in [1.807, 2.05) is 0 Å². The summed E-state index contributed by atoms with van der Waals surface area (Å²) in [7, 11) is -8.36. The molecule has 9 N–H and O–H groups in total. The molecular weight excluding hydrogens is 665 g/mol. The first-order valence-electron chi connectivity index (χ1n) is 13.3. The molecule has 0 radical (unpaired) electrons. The Morgan fingerprint density at radius 1 is 1.07 bits per heavy atom. The monoisotopic (exact) mass is 692 g/mol. The standard InChI is InChI=1S/C21H27FN10O12P2/c22-9-13(7(1-33)42-19(9)32-5-28-11-17(32)29-21(24)30-18(11)35)44-46(38,39)41-2-8-14(40-6-45(36)37)12(34)20(43-8)31-4-27-10-15(23)25-3-26-16(10)31/h3-5,7-9,12-14,19-20,33-34,45H,1-2,6H2,(H,36,37)(H,38,39)(H2,23,25,26)(H3,24,29,30,35)/t7-,8-,9?,12?,13+,14?,19-,20-/m1/s1. The lowest BCUT2D eigenvalue weighted by atomic mass is 10.1. The van der Waals surface area contributed by atoms with E-state index in [9.17, 15) is 33.9 Å². The first kappa shape index (κ1) is 32.5. The summed E-state index contributed by atoms with van der Waals surface area (Å²) in [6.07, 6.45) is -10.0. The summed E-state index contributed by atoms with van der Waals surface area (Å²) in [6, 6.07) is 0. The van der Waals surface area contributed by atoms with Gasteiger partial charge in [0.1, 0.15) is 48.7 Å². The van der Waals surface area contributed by atoms with Crippen LogP contribution in [0.15, 0.2) is 23.8 Å². The van der Waals surface area contributed by atoms with Crippen LogP contribution in [0.5, 0.6) is 0 Å². The number of ether oxygens (including phenoxy) is 3. The van der Waals surface area contributed by atoms with E-state index in [-0.39, 0.29) is 34.1 Å². The molecule has 10 atom stereocenters.